The van der Waals surface area contributed by atoms with Crippen molar-refractivity contribution in [2.75, 3.05) is 0 Å². The standard InChI is InChI=1S/2C19H30O3.2C18H24O3.C18H22O3/c2*1-18-7-5-12(20)9-11(18)10-15(21)17-13-3-4-16(22)19(13,2)8-6-14(17)18;3*1-18-7-6-13-12-3-2-11(19)8-10(12)9-15(20)17(13)14(18)4-5-16(18)21/h2*11-15,17,20-21H,3-10H2,1-2H3;2*2-3,8,13-17,19-21H,4-7,9H2,1H3;2-3,8,13-15,17,19-20H,4-7,9H2,1H3/t11-,12+,13?,14?,15+,17?,18?,19?;11-,12+,13?,14?,15-,17?,18?,19?;13?,14?,15-,16+,17?,18?;13?,14?,15-,16-,17?,18?;13?,14?,15-,17?,18?/m11100/s1. The van der Waals surface area contributed by atoms with Crippen LogP contribution >= 0.6 is 0 Å². The minimum absolute atomic E-state index is 0.0173. The van der Waals surface area contributed by atoms with Crippen LogP contribution in [0.15, 0.2) is 54.6 Å². The van der Waals surface area contributed by atoms with Crippen molar-refractivity contribution in [1.82, 2.24) is 0 Å². The highest BCUT2D eigenvalue weighted by Crippen LogP contribution is 2.69. The third-order valence-corrected chi connectivity index (χ3v) is 36.5. The van der Waals surface area contributed by atoms with Crippen LogP contribution in [0.3, 0.4) is 0 Å². The zero-order valence-corrected chi connectivity index (χ0v) is 65.2. The van der Waals surface area contributed by atoms with Crippen LogP contribution in [-0.2, 0) is 33.6 Å². The largest absolute Gasteiger partial charge is 0.508 e. The monoisotopic (exact) mass is 1470 g/mol. The number of Topliss-reactive ketones (excluding diaryl/α,β-unsaturated/α-hetero) is 3. The zero-order valence-electron chi connectivity index (χ0n) is 65.2. The molecule has 0 heterocycles. The van der Waals surface area contributed by atoms with Crippen molar-refractivity contribution in [2.45, 2.75) is 320 Å². The molecule has 0 spiro atoms. The van der Waals surface area contributed by atoms with Crippen molar-refractivity contribution in [2.24, 2.45) is 121 Å². The third-order valence-electron chi connectivity index (χ3n) is 36.5. The normalized spacial score (nSPS) is 49.5. The van der Waals surface area contributed by atoms with E-state index in [2.05, 4.69) is 48.5 Å². The Hall–Kier alpha value is -4.29. The van der Waals surface area contributed by atoms with E-state index in [-0.39, 0.29) is 128 Å². The molecule has 0 saturated heterocycles. The van der Waals surface area contributed by atoms with Crippen LogP contribution in [0.5, 0.6) is 17.2 Å². The average Bonchev–Trinajstić information content (AvgIpc) is 1.72. The quantitative estimate of drug-likeness (QED) is 0.0996. The van der Waals surface area contributed by atoms with Crippen LogP contribution in [0.1, 0.15) is 279 Å². The van der Waals surface area contributed by atoms with E-state index in [1.165, 1.54) is 16.7 Å². The molecule has 0 amide bonds. The molecule has 0 bridgehead atoms. The van der Waals surface area contributed by atoms with Gasteiger partial charge < -0.3 is 61.3 Å². The second-order valence-corrected chi connectivity index (χ2v) is 40.8. The van der Waals surface area contributed by atoms with Crippen molar-refractivity contribution in [1.29, 1.82) is 0 Å². The average molecular weight is 1480 g/mol. The fourth-order valence-electron chi connectivity index (χ4n) is 30.4. The lowest BCUT2D eigenvalue weighted by molar-refractivity contribution is -0.171. The minimum Gasteiger partial charge on any atom is -0.508 e. The van der Waals surface area contributed by atoms with Crippen molar-refractivity contribution in [3.05, 3.63) is 88.0 Å². The van der Waals surface area contributed by atoms with Gasteiger partial charge in [0, 0.05) is 35.5 Å². The first kappa shape index (κ1) is 76.7. The second-order valence-electron chi connectivity index (χ2n) is 40.8. The molecule has 12 N–H and O–H groups in total. The van der Waals surface area contributed by atoms with E-state index in [4.69, 9.17) is 0 Å². The molecule has 17 aliphatic carbocycles. The maximum absolute atomic E-state index is 12.4. The number of phenolic OH excluding ortho intramolecular Hbond substituents is 3. The summed E-state index contributed by atoms with van der Waals surface area (Å²) in [6, 6.07) is 16.8. The Labute approximate surface area is 635 Å². The molecule has 107 heavy (non-hydrogen) atoms. The van der Waals surface area contributed by atoms with E-state index in [1.54, 1.807) is 24.3 Å². The highest BCUT2D eigenvalue weighted by Gasteiger charge is 2.66. The predicted molar refractivity (Wildman–Crippen MR) is 408 cm³/mol. The smallest absolute Gasteiger partial charge is 0.139 e. The summed E-state index contributed by atoms with van der Waals surface area (Å²) in [6.45, 7) is 15.7. The van der Waals surface area contributed by atoms with E-state index in [0.717, 1.165) is 190 Å². The van der Waals surface area contributed by atoms with E-state index in [9.17, 15) is 75.7 Å². The molecule has 0 radical (unpaired) electrons. The molecule has 3 aromatic carbocycles. The summed E-state index contributed by atoms with van der Waals surface area (Å²) in [7, 11) is 0. The van der Waals surface area contributed by atoms with Crippen LogP contribution < -0.4 is 0 Å². The minimum atomic E-state index is -0.389. The number of benzene rings is 3. The highest BCUT2D eigenvalue weighted by molar-refractivity contribution is 5.88. The fraction of sp³-hybridized carbons (Fsp3) is 0.772. The summed E-state index contributed by atoms with van der Waals surface area (Å²) in [6.07, 6.45) is 25.9. The molecule has 22 unspecified atom stereocenters. The van der Waals surface area contributed by atoms with Crippen LogP contribution in [0.4, 0.5) is 0 Å². The number of ketones is 3. The van der Waals surface area contributed by atoms with E-state index < -0.39 is 0 Å². The second kappa shape index (κ2) is 28.1. The summed E-state index contributed by atoms with van der Waals surface area (Å²) in [5, 5.41) is 124. The third kappa shape index (κ3) is 12.4. The van der Waals surface area contributed by atoms with Gasteiger partial charge in [-0.15, -0.1) is 0 Å². The van der Waals surface area contributed by atoms with Crippen LogP contribution in [0.25, 0.3) is 0 Å². The first-order valence-corrected chi connectivity index (χ1v) is 42.9. The van der Waals surface area contributed by atoms with E-state index in [1.807, 2.05) is 30.3 Å². The Morgan fingerprint density at radius 1 is 0.299 bits per heavy atom. The summed E-state index contributed by atoms with van der Waals surface area (Å²) in [5.74, 6) is 8.49. The Morgan fingerprint density at radius 3 is 0.953 bits per heavy atom. The molecule has 15 nitrogen and oxygen atoms in total. The molecular formula is C92H130O15. The maximum atomic E-state index is 12.4. The van der Waals surface area contributed by atoms with E-state index in [0.29, 0.717) is 126 Å². The first-order valence-electron chi connectivity index (χ1n) is 42.9. The number of aromatic hydroxyl groups is 3. The van der Waals surface area contributed by atoms with Gasteiger partial charge in [0.05, 0.1) is 54.9 Å². The topological polar surface area (TPSA) is 294 Å². The Kier molecular flexibility index (Phi) is 20.1. The van der Waals surface area contributed by atoms with Gasteiger partial charge in [-0.25, -0.2) is 0 Å². The SMILES string of the molecule is CC12CCC3C(C1CCC2=O)[C@@H](O)C[C@H]1C[C@@H](O)CCC31C.CC12CCC3C(C1CCC2=O)[C@H](O)C[C@H]1C[C@@H](O)CCC31C.CC12CCC3c4ccc(O)cc4C[C@@H](O)C3C1CC[C@@H]2O.CC12CCC3c4ccc(O)cc4C[C@H](O)C3C1CCC2=O.CC12CCC3c4ccc(O)cc4C[C@H](O)C3C1CC[C@@H]2O. The molecular weight excluding hydrogens is 1340 g/mol. The van der Waals surface area contributed by atoms with E-state index >= 15 is 0 Å². The lowest BCUT2D eigenvalue weighted by Gasteiger charge is -2.61. The van der Waals surface area contributed by atoms with Gasteiger partial charge in [-0.05, 0) is 372 Å². The fourth-order valence-corrected chi connectivity index (χ4v) is 30.4. The van der Waals surface area contributed by atoms with Crippen molar-refractivity contribution >= 4 is 17.3 Å². The van der Waals surface area contributed by atoms with Gasteiger partial charge in [0.1, 0.15) is 34.6 Å². The Bertz CT molecular complexity index is 3660. The first-order chi connectivity index (χ1) is 50.7. The van der Waals surface area contributed by atoms with Crippen molar-refractivity contribution in [3.63, 3.8) is 0 Å². The van der Waals surface area contributed by atoms with Crippen molar-refractivity contribution < 1.29 is 75.7 Å². The van der Waals surface area contributed by atoms with Gasteiger partial charge in [-0.3, -0.25) is 14.4 Å². The van der Waals surface area contributed by atoms with Gasteiger partial charge in [0.25, 0.3) is 0 Å². The molecule has 17 aliphatic rings. The Balaban J connectivity index is 0.000000102. The number of aliphatic hydroxyl groups excluding tert-OH is 9. The number of rotatable bonds is 0. The maximum Gasteiger partial charge on any atom is 0.139 e. The molecule has 588 valence electrons. The van der Waals surface area contributed by atoms with Gasteiger partial charge in [-0.1, -0.05) is 66.7 Å². The van der Waals surface area contributed by atoms with Gasteiger partial charge >= 0.3 is 0 Å². The number of hydrogen-bond acceptors (Lipinski definition) is 15. The number of carbonyl (C=O) groups is 3. The number of phenols is 3. The molecule has 20 rings (SSSR count). The Morgan fingerprint density at radius 2 is 0.598 bits per heavy atom. The van der Waals surface area contributed by atoms with Crippen LogP contribution in [0.2, 0.25) is 0 Å². The van der Waals surface area contributed by atoms with Crippen LogP contribution in [0, 0.1) is 121 Å². The lowest BCUT2D eigenvalue weighted by Crippen LogP contribution is -2.58. The molecule has 14 saturated carbocycles. The van der Waals surface area contributed by atoms with Gasteiger partial charge in [0.15, 0.2) is 0 Å². The van der Waals surface area contributed by atoms with Gasteiger partial charge in [-0.2, -0.15) is 0 Å². The number of fused-ring (bicyclic) bond motifs is 25. The molecule has 3 aromatic rings. The number of carbonyl (C=O) groups excluding carboxylic acids is 3. The van der Waals surface area contributed by atoms with Gasteiger partial charge in [0.2, 0.25) is 0 Å². The highest BCUT2D eigenvalue weighted by atomic mass is 16.3. The summed E-state index contributed by atoms with van der Waals surface area (Å²) in [4.78, 5) is 37.1. The lowest BCUT2D eigenvalue weighted by atomic mass is 9.44. The van der Waals surface area contributed by atoms with Crippen LogP contribution in [-0.4, -0.2) is 134 Å². The van der Waals surface area contributed by atoms with Crippen molar-refractivity contribution in [3.8, 4) is 17.2 Å². The summed E-state index contributed by atoms with van der Waals surface area (Å²) in [5.41, 5.74) is 7.13. The zero-order chi connectivity index (χ0) is 75.7. The molecule has 33 atom stereocenters. The summed E-state index contributed by atoms with van der Waals surface area (Å²) >= 11 is 0. The molecule has 14 fully saturated rings. The molecule has 0 aromatic heterocycles. The molecule has 15 heteroatoms. The molecule has 0 aliphatic heterocycles. The predicted octanol–water partition coefficient (Wildman–Crippen LogP) is 13.8. The number of aliphatic hydroxyl groups is 9. The summed E-state index contributed by atoms with van der Waals surface area (Å²) < 4.78 is 0. The number of hydrogen-bond donors (Lipinski definition) is 12.